The summed E-state index contributed by atoms with van der Waals surface area (Å²) in [5.41, 5.74) is -0.956. The molecule has 0 bridgehead atoms. The Kier molecular flexibility index (Phi) is 7.96. The fraction of sp³-hybridized carbons (Fsp3) is 0.400. The van der Waals surface area contributed by atoms with Crippen molar-refractivity contribution < 1.29 is 18.0 Å². The van der Waals surface area contributed by atoms with E-state index in [0.717, 1.165) is 18.9 Å². The smallest absolute Gasteiger partial charge is 0.314 e. The van der Waals surface area contributed by atoms with Gasteiger partial charge in [0.1, 0.15) is 5.82 Å². The number of hydrogen-bond donors (Lipinski definition) is 1. The van der Waals surface area contributed by atoms with Gasteiger partial charge in [-0.05, 0) is 37.1 Å². The third-order valence-electron chi connectivity index (χ3n) is 5.82. The molecule has 34 heavy (non-hydrogen) atoms. The van der Waals surface area contributed by atoms with Gasteiger partial charge in [-0.2, -0.15) is 13.2 Å². The molecule has 0 radical (unpaired) electrons. The predicted molar refractivity (Wildman–Crippen MR) is 127 cm³/mol. The number of nitrogens with zero attached hydrogens (tertiary/aromatic N) is 3. The molecule has 9 heteroatoms. The van der Waals surface area contributed by atoms with E-state index in [0.29, 0.717) is 36.1 Å². The van der Waals surface area contributed by atoms with Crippen molar-refractivity contribution in [3.05, 3.63) is 70.3 Å². The molecule has 1 atom stereocenters. The van der Waals surface area contributed by atoms with Crippen molar-refractivity contribution >= 4 is 22.6 Å². The number of hydrogen-bond acceptors (Lipinski definition) is 3. The van der Waals surface area contributed by atoms with Gasteiger partial charge in [-0.15, -0.1) is 0 Å². The molecule has 2 amide bonds. The summed E-state index contributed by atoms with van der Waals surface area (Å²) in [7, 11) is 1.60. The van der Waals surface area contributed by atoms with E-state index in [1.54, 1.807) is 31.3 Å². The van der Waals surface area contributed by atoms with Crippen molar-refractivity contribution in [2.45, 2.75) is 51.7 Å². The van der Waals surface area contributed by atoms with Gasteiger partial charge in [-0.3, -0.25) is 9.36 Å². The minimum atomic E-state index is -4.61. The van der Waals surface area contributed by atoms with E-state index in [-0.39, 0.29) is 11.2 Å². The molecule has 0 fully saturated rings. The van der Waals surface area contributed by atoms with Crippen molar-refractivity contribution in [1.82, 2.24) is 14.5 Å². The molecule has 0 saturated carbocycles. The summed E-state index contributed by atoms with van der Waals surface area (Å²) in [6.45, 7) is 4.20. The van der Waals surface area contributed by atoms with Crippen LogP contribution in [0.4, 0.5) is 23.7 Å². The van der Waals surface area contributed by atoms with Gasteiger partial charge < -0.3 is 10.2 Å². The van der Waals surface area contributed by atoms with Gasteiger partial charge >= 0.3 is 12.2 Å². The molecule has 1 aromatic heterocycles. The van der Waals surface area contributed by atoms with Crippen LogP contribution in [0.2, 0.25) is 0 Å². The fourth-order valence-corrected chi connectivity index (χ4v) is 4.03. The van der Waals surface area contributed by atoms with E-state index >= 15 is 0 Å². The second-order valence-corrected chi connectivity index (χ2v) is 8.15. The molecule has 0 aliphatic carbocycles. The van der Waals surface area contributed by atoms with Crippen LogP contribution in [0.3, 0.4) is 0 Å². The molecule has 3 rings (SSSR count). The number of alkyl halides is 3. The Bertz CT molecular complexity index is 1210. The first-order valence-corrected chi connectivity index (χ1v) is 11.4. The minimum absolute atomic E-state index is 0.240. The number of urea groups is 1. The van der Waals surface area contributed by atoms with Crippen LogP contribution in [0.25, 0.3) is 10.9 Å². The van der Waals surface area contributed by atoms with Crippen LogP contribution < -0.4 is 10.9 Å². The van der Waals surface area contributed by atoms with E-state index in [1.165, 1.54) is 27.7 Å². The Labute approximate surface area is 196 Å². The van der Waals surface area contributed by atoms with Gasteiger partial charge in [0, 0.05) is 13.6 Å². The Balaban J connectivity index is 2.03. The highest BCUT2D eigenvalue weighted by Gasteiger charge is 2.35. The van der Waals surface area contributed by atoms with Crippen LogP contribution in [-0.2, 0) is 13.2 Å². The number of carbonyl (C=O) groups excluding carboxylic acids is 1. The second-order valence-electron chi connectivity index (χ2n) is 8.15. The highest BCUT2D eigenvalue weighted by atomic mass is 19.4. The zero-order valence-corrected chi connectivity index (χ0v) is 19.5. The van der Waals surface area contributed by atoms with Crippen molar-refractivity contribution in [2.75, 3.05) is 11.9 Å². The standard InChI is InChI=1S/C25H29F3N4O2/c1-4-6-11-16-32(24(34)30-20-15-10-8-13-18(20)25(26,27)28)21(5-2)22-29-19-14-9-7-12-17(19)23(33)31(22)3/h7-10,12-15,21H,4-6,11,16H2,1-3H3,(H,30,34). The number of unbranched alkanes of at least 4 members (excludes halogenated alkanes) is 2. The van der Waals surface area contributed by atoms with Crippen LogP contribution >= 0.6 is 0 Å². The average Bonchev–Trinajstić information content (AvgIpc) is 2.81. The first kappa shape index (κ1) is 25.3. The number of rotatable bonds is 8. The summed E-state index contributed by atoms with van der Waals surface area (Å²) in [5, 5.41) is 2.91. The monoisotopic (exact) mass is 474 g/mol. The summed E-state index contributed by atoms with van der Waals surface area (Å²) in [6.07, 6.45) is -1.74. The lowest BCUT2D eigenvalue weighted by molar-refractivity contribution is -0.136. The lowest BCUT2D eigenvalue weighted by Crippen LogP contribution is -2.41. The average molecular weight is 475 g/mol. The lowest BCUT2D eigenvalue weighted by Gasteiger charge is -2.32. The normalized spacial score (nSPS) is 12.5. The third kappa shape index (κ3) is 5.40. The summed E-state index contributed by atoms with van der Waals surface area (Å²) in [4.78, 5) is 32.4. The first-order valence-electron chi connectivity index (χ1n) is 11.4. The largest absolute Gasteiger partial charge is 0.418 e. The van der Waals surface area contributed by atoms with Crippen LogP contribution in [0.15, 0.2) is 53.3 Å². The van der Waals surface area contributed by atoms with E-state index in [4.69, 9.17) is 0 Å². The third-order valence-corrected chi connectivity index (χ3v) is 5.82. The highest BCUT2D eigenvalue weighted by molar-refractivity contribution is 5.90. The maximum atomic E-state index is 13.5. The minimum Gasteiger partial charge on any atom is -0.314 e. The van der Waals surface area contributed by atoms with E-state index in [9.17, 15) is 22.8 Å². The molecular weight excluding hydrogens is 445 g/mol. The number of aromatic nitrogens is 2. The van der Waals surface area contributed by atoms with Crippen molar-refractivity contribution in [2.24, 2.45) is 7.05 Å². The van der Waals surface area contributed by atoms with Crippen molar-refractivity contribution in [3.8, 4) is 0 Å². The van der Waals surface area contributed by atoms with Gasteiger partial charge in [0.25, 0.3) is 5.56 Å². The summed E-state index contributed by atoms with van der Waals surface area (Å²) in [5.74, 6) is 0.391. The summed E-state index contributed by atoms with van der Waals surface area (Å²) in [6, 6.07) is 10.6. The van der Waals surface area contributed by atoms with Gasteiger partial charge in [0.2, 0.25) is 0 Å². The summed E-state index contributed by atoms with van der Waals surface area (Å²) >= 11 is 0. The van der Waals surface area contributed by atoms with Crippen molar-refractivity contribution in [1.29, 1.82) is 0 Å². The molecule has 3 aromatic rings. The van der Waals surface area contributed by atoms with Crippen LogP contribution in [0.1, 0.15) is 57.0 Å². The Morgan fingerprint density at radius 3 is 2.44 bits per heavy atom. The molecule has 1 heterocycles. The first-order chi connectivity index (χ1) is 16.2. The highest BCUT2D eigenvalue weighted by Crippen LogP contribution is 2.35. The zero-order valence-electron chi connectivity index (χ0n) is 19.5. The molecule has 2 aromatic carbocycles. The SMILES string of the molecule is CCCCCN(C(=O)Nc1ccccc1C(F)(F)F)C(CC)c1nc2ccccc2c(=O)n1C. The molecular formula is C25H29F3N4O2. The Morgan fingerprint density at radius 2 is 1.76 bits per heavy atom. The number of amides is 2. The second kappa shape index (κ2) is 10.7. The van der Waals surface area contributed by atoms with E-state index in [2.05, 4.69) is 10.3 Å². The quantitative estimate of drug-likeness (QED) is 0.400. The lowest BCUT2D eigenvalue weighted by atomic mass is 10.1. The molecule has 1 N–H and O–H groups in total. The number of fused-ring (bicyclic) bond motifs is 1. The molecule has 182 valence electrons. The Hall–Kier alpha value is -3.36. The molecule has 0 spiro atoms. The number of halogens is 3. The Morgan fingerprint density at radius 1 is 1.09 bits per heavy atom. The van der Waals surface area contributed by atoms with Gasteiger partial charge in [-0.25, -0.2) is 9.78 Å². The zero-order chi connectivity index (χ0) is 24.9. The van der Waals surface area contributed by atoms with Gasteiger partial charge in [0.15, 0.2) is 0 Å². The topological polar surface area (TPSA) is 67.2 Å². The van der Waals surface area contributed by atoms with Gasteiger partial charge in [0.05, 0.1) is 28.2 Å². The van der Waals surface area contributed by atoms with Crippen molar-refractivity contribution in [3.63, 3.8) is 0 Å². The predicted octanol–water partition coefficient (Wildman–Crippen LogP) is 6.13. The molecule has 1 unspecified atom stereocenters. The molecule has 0 saturated heterocycles. The van der Waals surface area contributed by atoms with Crippen LogP contribution in [-0.4, -0.2) is 27.0 Å². The number of carbonyl (C=O) groups is 1. The van der Waals surface area contributed by atoms with Gasteiger partial charge in [-0.1, -0.05) is 51.0 Å². The number of para-hydroxylation sites is 2. The molecule has 6 nitrogen and oxygen atoms in total. The van der Waals surface area contributed by atoms with E-state index in [1.807, 2.05) is 13.8 Å². The fourth-order valence-electron chi connectivity index (χ4n) is 4.03. The van der Waals surface area contributed by atoms with Crippen LogP contribution in [0, 0.1) is 0 Å². The maximum Gasteiger partial charge on any atom is 0.418 e. The van der Waals surface area contributed by atoms with E-state index < -0.39 is 23.8 Å². The number of anilines is 1. The molecule has 0 aliphatic heterocycles. The molecule has 0 aliphatic rings. The number of benzene rings is 2. The summed E-state index contributed by atoms with van der Waals surface area (Å²) < 4.78 is 41.8. The maximum absolute atomic E-state index is 13.5. The number of nitrogens with one attached hydrogen (secondary N) is 1. The van der Waals surface area contributed by atoms with Crippen LogP contribution in [0.5, 0.6) is 0 Å².